The number of hydrogen-bond acceptors (Lipinski definition) is 0. The highest BCUT2D eigenvalue weighted by Gasteiger charge is 1.94. The molecular weight excluding hydrogens is 336 g/mol. The number of unbranched alkanes of at least 4 members (excludes halogenated alkanes) is 22. The third kappa shape index (κ3) is 25.6. The van der Waals surface area contributed by atoms with E-state index in [0.29, 0.717) is 0 Å². The molecule has 0 nitrogen and oxygen atoms in total. The van der Waals surface area contributed by atoms with Gasteiger partial charge in [0.15, 0.2) is 0 Å². The average Bonchev–Trinajstić information content (AvgIpc) is 2.71. The maximum atomic E-state index is 3.90. The van der Waals surface area contributed by atoms with Crippen molar-refractivity contribution in [1.82, 2.24) is 0 Å². The van der Waals surface area contributed by atoms with E-state index in [1.165, 1.54) is 128 Å². The summed E-state index contributed by atoms with van der Waals surface area (Å²) in [4.78, 5) is 0. The van der Waals surface area contributed by atoms with Gasteiger partial charge in [-0.15, -0.1) is 11.8 Å². The van der Waals surface area contributed by atoms with Crippen molar-refractivity contribution in [2.75, 3.05) is 0 Å². The van der Waals surface area contributed by atoms with Crippen molar-refractivity contribution in [3.63, 3.8) is 0 Å². The predicted molar refractivity (Wildman–Crippen MR) is 129 cm³/mol. The largest absolute Gasteiger partial charge is 0.103 e. The Balaban J connectivity index is 3.08. The fraction of sp³-hybridized carbons (Fsp3) is 0.857. The third-order valence-corrected chi connectivity index (χ3v) is 5.73. The van der Waals surface area contributed by atoms with E-state index in [2.05, 4.69) is 25.7 Å². The molecule has 0 spiro atoms. The van der Waals surface area contributed by atoms with Crippen LogP contribution in [0.5, 0.6) is 0 Å². The molecule has 164 valence electrons. The standard InChI is InChI=1S/C28H52/c1-3-5-7-9-11-13-15-17-19-21-23-25-27-28-26-24-22-20-18-16-14-12-10-8-6-4-2/h1-25,27H2. The molecule has 0 aromatic heterocycles. The zero-order valence-electron chi connectivity index (χ0n) is 19.4. The topological polar surface area (TPSA) is 0 Å². The van der Waals surface area contributed by atoms with Gasteiger partial charge >= 0.3 is 0 Å². The highest BCUT2D eigenvalue weighted by Crippen LogP contribution is 2.13. The lowest BCUT2D eigenvalue weighted by Crippen LogP contribution is -1.82. The van der Waals surface area contributed by atoms with E-state index >= 15 is 0 Å². The van der Waals surface area contributed by atoms with E-state index in [-0.39, 0.29) is 0 Å². The van der Waals surface area contributed by atoms with Crippen molar-refractivity contribution >= 4 is 0 Å². The van der Waals surface area contributed by atoms with Crippen molar-refractivity contribution < 1.29 is 0 Å². The van der Waals surface area contributed by atoms with Crippen LogP contribution in [0.1, 0.15) is 154 Å². The summed E-state index contributed by atoms with van der Waals surface area (Å²) < 4.78 is 0. The van der Waals surface area contributed by atoms with Gasteiger partial charge in [0, 0.05) is 12.8 Å². The van der Waals surface area contributed by atoms with Gasteiger partial charge < -0.3 is 0 Å². The summed E-state index contributed by atoms with van der Waals surface area (Å²) in [7, 11) is 0. The van der Waals surface area contributed by atoms with Gasteiger partial charge in [0.1, 0.15) is 0 Å². The van der Waals surface area contributed by atoms with Crippen LogP contribution in [-0.4, -0.2) is 0 Å². The first-order chi connectivity index (χ1) is 13.9. The van der Waals surface area contributed by atoms with Gasteiger partial charge in [-0.3, -0.25) is 0 Å². The zero-order chi connectivity index (χ0) is 20.4. The molecule has 0 aromatic carbocycles. The highest BCUT2D eigenvalue weighted by molar-refractivity contribution is 4.98. The summed E-state index contributed by atoms with van der Waals surface area (Å²) in [5.41, 5.74) is 0. The summed E-state index contributed by atoms with van der Waals surface area (Å²) in [6, 6.07) is 0. The van der Waals surface area contributed by atoms with Crippen molar-refractivity contribution in [2.24, 2.45) is 0 Å². The quantitative estimate of drug-likeness (QED) is 0.128. The first-order valence-corrected chi connectivity index (χ1v) is 13.0. The Kier molecular flexibility index (Phi) is 26.1. The van der Waals surface area contributed by atoms with Gasteiger partial charge in [-0.2, -0.15) is 0 Å². The van der Waals surface area contributed by atoms with Gasteiger partial charge in [-0.25, -0.2) is 0 Å². The van der Waals surface area contributed by atoms with Gasteiger partial charge in [0.25, 0.3) is 0 Å². The van der Waals surface area contributed by atoms with Gasteiger partial charge in [0.2, 0.25) is 0 Å². The van der Waals surface area contributed by atoms with Crippen LogP contribution in [0.3, 0.4) is 0 Å². The Bertz CT molecular complexity index is 319. The molecule has 0 N–H and O–H groups in total. The highest BCUT2D eigenvalue weighted by atomic mass is 14.0. The summed E-state index contributed by atoms with van der Waals surface area (Å²) in [5, 5.41) is 0. The van der Waals surface area contributed by atoms with Crippen LogP contribution in [0.2, 0.25) is 0 Å². The first kappa shape index (κ1) is 27.6. The van der Waals surface area contributed by atoms with Crippen molar-refractivity contribution in [1.29, 1.82) is 0 Å². The van der Waals surface area contributed by atoms with Crippen LogP contribution in [0.25, 0.3) is 0 Å². The third-order valence-electron chi connectivity index (χ3n) is 5.73. The molecule has 0 fully saturated rings. The van der Waals surface area contributed by atoms with Crippen LogP contribution >= 0.6 is 0 Å². The molecule has 0 unspecified atom stereocenters. The molecule has 0 aliphatic rings. The Morgan fingerprint density at radius 1 is 0.286 bits per heavy atom. The Morgan fingerprint density at radius 3 is 0.750 bits per heavy atom. The van der Waals surface area contributed by atoms with Crippen molar-refractivity contribution in [3.05, 3.63) is 13.8 Å². The van der Waals surface area contributed by atoms with Crippen molar-refractivity contribution in [2.45, 2.75) is 154 Å². The first-order valence-electron chi connectivity index (χ1n) is 13.0. The normalized spacial score (nSPS) is 10.8. The molecule has 0 saturated carbocycles. The van der Waals surface area contributed by atoms with E-state index < -0.39 is 0 Å². The molecule has 0 atom stereocenters. The summed E-state index contributed by atoms with van der Waals surface area (Å²) >= 11 is 0. The second-order valence-electron chi connectivity index (χ2n) is 8.63. The van der Waals surface area contributed by atoms with E-state index in [9.17, 15) is 0 Å². The lowest BCUT2D eigenvalue weighted by Gasteiger charge is -2.02. The van der Waals surface area contributed by atoms with E-state index in [1.54, 1.807) is 0 Å². The molecular formula is C28H52. The second kappa shape index (κ2) is 26.6. The van der Waals surface area contributed by atoms with E-state index in [1.807, 2.05) is 0 Å². The minimum atomic E-state index is 1.11. The minimum Gasteiger partial charge on any atom is -0.103 e. The van der Waals surface area contributed by atoms with Crippen LogP contribution in [0, 0.1) is 25.7 Å². The summed E-state index contributed by atoms with van der Waals surface area (Å²) in [6.07, 6.45) is 32.4. The molecule has 0 aliphatic carbocycles. The average molecular weight is 389 g/mol. The Morgan fingerprint density at radius 2 is 0.500 bits per heavy atom. The van der Waals surface area contributed by atoms with Crippen LogP contribution in [-0.2, 0) is 0 Å². The minimum absolute atomic E-state index is 1.11. The zero-order valence-corrected chi connectivity index (χ0v) is 19.4. The molecule has 0 aromatic rings. The molecule has 2 radical (unpaired) electrons. The summed E-state index contributed by atoms with van der Waals surface area (Å²) in [5.74, 6) is 6.78. The van der Waals surface area contributed by atoms with E-state index in [0.717, 1.165) is 25.7 Å². The lowest BCUT2D eigenvalue weighted by molar-refractivity contribution is 0.548. The van der Waals surface area contributed by atoms with Crippen LogP contribution < -0.4 is 0 Å². The predicted octanol–water partition coefficient (Wildman–Crippen LogP) is 10.0. The molecule has 0 amide bonds. The van der Waals surface area contributed by atoms with Gasteiger partial charge in [-0.05, 0) is 12.8 Å². The second-order valence-corrected chi connectivity index (χ2v) is 8.63. The SMILES string of the molecule is [CH2]CCCCCCCCCCCC#CCCCCCCCCCCCCC[CH2]. The Labute approximate surface area is 180 Å². The fourth-order valence-electron chi connectivity index (χ4n) is 3.79. The molecule has 0 heterocycles. The lowest BCUT2D eigenvalue weighted by atomic mass is 10.0. The summed E-state index contributed by atoms with van der Waals surface area (Å²) in [6.45, 7) is 7.81. The molecule has 28 heavy (non-hydrogen) atoms. The monoisotopic (exact) mass is 388 g/mol. The van der Waals surface area contributed by atoms with Gasteiger partial charge in [-0.1, -0.05) is 142 Å². The smallest absolute Gasteiger partial charge is 0.00886 e. The maximum Gasteiger partial charge on any atom is 0.00886 e. The van der Waals surface area contributed by atoms with Crippen LogP contribution in [0.15, 0.2) is 0 Å². The Hall–Kier alpha value is -0.440. The van der Waals surface area contributed by atoms with Gasteiger partial charge in [0.05, 0.1) is 0 Å². The van der Waals surface area contributed by atoms with Crippen molar-refractivity contribution in [3.8, 4) is 11.8 Å². The maximum absolute atomic E-state index is 3.90. The van der Waals surface area contributed by atoms with Crippen LogP contribution in [0.4, 0.5) is 0 Å². The van der Waals surface area contributed by atoms with E-state index in [4.69, 9.17) is 0 Å². The molecule has 0 rings (SSSR count). The molecule has 0 aliphatic heterocycles. The number of rotatable bonds is 22. The molecule has 0 saturated heterocycles. The molecule has 0 heteroatoms. The number of hydrogen-bond donors (Lipinski definition) is 0. The molecule has 0 bridgehead atoms. The fourth-order valence-corrected chi connectivity index (χ4v) is 3.79.